The standard InChI is InChI=1S/C16H17NO3/c1-19-14-11-7-6-10-13(14)15(16(18)20-2)17-12-8-4-3-5-9-12/h3-11,15,17H,1-2H3. The number of benzene rings is 2. The average molecular weight is 271 g/mol. The Kier molecular flexibility index (Phi) is 4.60. The molecule has 0 radical (unpaired) electrons. The summed E-state index contributed by atoms with van der Waals surface area (Å²) in [7, 11) is 2.95. The molecule has 2 aromatic carbocycles. The second-order valence-corrected chi connectivity index (χ2v) is 4.21. The maximum absolute atomic E-state index is 12.0. The molecule has 0 spiro atoms. The lowest BCUT2D eigenvalue weighted by Crippen LogP contribution is -2.22. The molecule has 1 N–H and O–H groups in total. The van der Waals surface area contributed by atoms with Gasteiger partial charge in [0.05, 0.1) is 14.2 Å². The van der Waals surface area contributed by atoms with E-state index >= 15 is 0 Å². The predicted octanol–water partition coefficient (Wildman–Crippen LogP) is 3.02. The minimum absolute atomic E-state index is 0.363. The van der Waals surface area contributed by atoms with Crippen molar-refractivity contribution in [2.24, 2.45) is 0 Å². The van der Waals surface area contributed by atoms with E-state index in [4.69, 9.17) is 9.47 Å². The van der Waals surface area contributed by atoms with Crippen molar-refractivity contribution >= 4 is 11.7 Å². The van der Waals surface area contributed by atoms with Gasteiger partial charge in [0.1, 0.15) is 5.75 Å². The number of nitrogens with one attached hydrogen (secondary N) is 1. The molecule has 20 heavy (non-hydrogen) atoms. The van der Waals surface area contributed by atoms with Crippen LogP contribution in [0.3, 0.4) is 0 Å². The molecule has 2 aromatic rings. The van der Waals surface area contributed by atoms with Crippen LogP contribution < -0.4 is 10.1 Å². The second-order valence-electron chi connectivity index (χ2n) is 4.21. The first-order valence-electron chi connectivity index (χ1n) is 6.28. The highest BCUT2D eigenvalue weighted by Gasteiger charge is 2.24. The first-order valence-corrected chi connectivity index (χ1v) is 6.28. The molecule has 0 saturated heterocycles. The summed E-state index contributed by atoms with van der Waals surface area (Å²) >= 11 is 0. The van der Waals surface area contributed by atoms with Crippen molar-refractivity contribution in [3.63, 3.8) is 0 Å². The summed E-state index contributed by atoms with van der Waals surface area (Å²) in [6.45, 7) is 0. The molecule has 0 aliphatic heterocycles. The molecule has 1 atom stereocenters. The Morgan fingerprint density at radius 2 is 1.65 bits per heavy atom. The van der Waals surface area contributed by atoms with Crippen molar-refractivity contribution < 1.29 is 14.3 Å². The molecule has 1 unspecified atom stereocenters. The Bertz CT molecular complexity index is 569. The van der Waals surface area contributed by atoms with Crippen molar-refractivity contribution in [2.45, 2.75) is 6.04 Å². The highest BCUT2D eigenvalue weighted by molar-refractivity contribution is 5.82. The zero-order valence-corrected chi connectivity index (χ0v) is 11.5. The number of para-hydroxylation sites is 2. The van der Waals surface area contributed by atoms with E-state index < -0.39 is 6.04 Å². The van der Waals surface area contributed by atoms with Crippen molar-refractivity contribution in [1.82, 2.24) is 0 Å². The smallest absolute Gasteiger partial charge is 0.333 e. The summed E-state index contributed by atoms with van der Waals surface area (Å²) in [4.78, 5) is 12.0. The van der Waals surface area contributed by atoms with Crippen LogP contribution in [0.1, 0.15) is 11.6 Å². The van der Waals surface area contributed by atoms with Crippen LogP contribution in [0, 0.1) is 0 Å². The maximum atomic E-state index is 12.0. The molecule has 104 valence electrons. The molecule has 2 rings (SSSR count). The monoisotopic (exact) mass is 271 g/mol. The average Bonchev–Trinajstić information content (AvgIpc) is 2.53. The normalized spacial score (nSPS) is 11.5. The van der Waals surface area contributed by atoms with Crippen molar-refractivity contribution in [2.75, 3.05) is 19.5 Å². The first-order chi connectivity index (χ1) is 9.76. The van der Waals surface area contributed by atoms with Crippen LogP contribution in [0.4, 0.5) is 5.69 Å². The number of carbonyl (C=O) groups excluding carboxylic acids is 1. The van der Waals surface area contributed by atoms with Gasteiger partial charge < -0.3 is 14.8 Å². The molecule has 0 aliphatic rings. The van der Waals surface area contributed by atoms with Crippen LogP contribution in [0.15, 0.2) is 54.6 Å². The Morgan fingerprint density at radius 3 is 2.30 bits per heavy atom. The van der Waals surface area contributed by atoms with Crippen LogP contribution in [0.5, 0.6) is 5.75 Å². The van der Waals surface area contributed by atoms with Crippen LogP contribution in [-0.2, 0) is 9.53 Å². The van der Waals surface area contributed by atoms with E-state index in [0.717, 1.165) is 11.3 Å². The Balaban J connectivity index is 2.35. The lowest BCUT2D eigenvalue weighted by atomic mass is 10.1. The van der Waals surface area contributed by atoms with Crippen molar-refractivity contribution in [3.05, 3.63) is 60.2 Å². The number of hydrogen-bond acceptors (Lipinski definition) is 4. The van der Waals surface area contributed by atoms with Gasteiger partial charge in [-0.2, -0.15) is 0 Å². The van der Waals surface area contributed by atoms with E-state index in [1.807, 2.05) is 54.6 Å². The highest BCUT2D eigenvalue weighted by Crippen LogP contribution is 2.28. The fourth-order valence-corrected chi connectivity index (χ4v) is 1.99. The molecule has 0 fully saturated rings. The fourth-order valence-electron chi connectivity index (χ4n) is 1.99. The summed E-state index contributed by atoms with van der Waals surface area (Å²) in [5, 5.41) is 3.17. The van der Waals surface area contributed by atoms with E-state index in [2.05, 4.69) is 5.32 Å². The third-order valence-electron chi connectivity index (χ3n) is 2.97. The second kappa shape index (κ2) is 6.61. The summed E-state index contributed by atoms with van der Waals surface area (Å²) in [6.07, 6.45) is 0. The SMILES string of the molecule is COC(=O)C(Nc1ccccc1)c1ccccc1OC. The van der Waals surface area contributed by atoms with Gasteiger partial charge in [-0.1, -0.05) is 36.4 Å². The molecule has 4 nitrogen and oxygen atoms in total. The Hall–Kier alpha value is -2.49. The minimum Gasteiger partial charge on any atom is -0.496 e. The third-order valence-corrected chi connectivity index (χ3v) is 2.97. The number of hydrogen-bond donors (Lipinski definition) is 1. The highest BCUT2D eigenvalue weighted by atomic mass is 16.5. The number of rotatable bonds is 5. The minimum atomic E-state index is -0.612. The quantitative estimate of drug-likeness (QED) is 0.849. The van der Waals surface area contributed by atoms with Gasteiger partial charge in [-0.05, 0) is 18.2 Å². The molecular formula is C16H17NO3. The van der Waals surface area contributed by atoms with Gasteiger partial charge in [-0.25, -0.2) is 4.79 Å². The summed E-state index contributed by atoms with van der Waals surface area (Å²) in [6, 6.07) is 16.3. The molecule has 0 aromatic heterocycles. The zero-order chi connectivity index (χ0) is 14.4. The Morgan fingerprint density at radius 1 is 1.00 bits per heavy atom. The van der Waals surface area contributed by atoms with Crippen molar-refractivity contribution in [1.29, 1.82) is 0 Å². The molecule has 0 heterocycles. The van der Waals surface area contributed by atoms with E-state index in [1.54, 1.807) is 7.11 Å². The van der Waals surface area contributed by atoms with Gasteiger partial charge in [0.15, 0.2) is 6.04 Å². The largest absolute Gasteiger partial charge is 0.496 e. The van der Waals surface area contributed by atoms with Gasteiger partial charge in [-0.15, -0.1) is 0 Å². The lowest BCUT2D eigenvalue weighted by molar-refractivity contribution is -0.141. The number of anilines is 1. The van der Waals surface area contributed by atoms with Gasteiger partial charge in [-0.3, -0.25) is 0 Å². The number of esters is 1. The molecule has 0 bridgehead atoms. The van der Waals surface area contributed by atoms with Crippen molar-refractivity contribution in [3.8, 4) is 5.75 Å². The number of ether oxygens (including phenoxy) is 2. The van der Waals surface area contributed by atoms with E-state index in [1.165, 1.54) is 7.11 Å². The van der Waals surface area contributed by atoms with E-state index in [9.17, 15) is 4.79 Å². The summed E-state index contributed by atoms with van der Waals surface area (Å²) < 4.78 is 10.2. The molecule has 0 amide bonds. The fraction of sp³-hybridized carbons (Fsp3) is 0.188. The zero-order valence-electron chi connectivity index (χ0n) is 11.5. The third kappa shape index (κ3) is 3.09. The molecule has 0 saturated carbocycles. The summed E-state index contributed by atoms with van der Waals surface area (Å²) in [5.41, 5.74) is 1.58. The predicted molar refractivity (Wildman–Crippen MR) is 77.8 cm³/mol. The van der Waals surface area contributed by atoms with Gasteiger partial charge in [0.25, 0.3) is 0 Å². The van der Waals surface area contributed by atoms with E-state index in [-0.39, 0.29) is 5.97 Å². The van der Waals surface area contributed by atoms with Gasteiger partial charge in [0.2, 0.25) is 0 Å². The Labute approximate surface area is 118 Å². The van der Waals surface area contributed by atoms with Crippen LogP contribution in [0.2, 0.25) is 0 Å². The van der Waals surface area contributed by atoms with Gasteiger partial charge >= 0.3 is 5.97 Å². The topological polar surface area (TPSA) is 47.6 Å². The molecule has 0 aliphatic carbocycles. The maximum Gasteiger partial charge on any atom is 0.333 e. The van der Waals surface area contributed by atoms with Crippen LogP contribution in [0.25, 0.3) is 0 Å². The van der Waals surface area contributed by atoms with Gasteiger partial charge in [0, 0.05) is 11.3 Å². The van der Waals surface area contributed by atoms with Crippen LogP contribution >= 0.6 is 0 Å². The number of carbonyl (C=O) groups is 1. The van der Waals surface area contributed by atoms with E-state index in [0.29, 0.717) is 5.75 Å². The summed E-state index contributed by atoms with van der Waals surface area (Å²) in [5.74, 6) is 0.282. The first kappa shape index (κ1) is 13.9. The lowest BCUT2D eigenvalue weighted by Gasteiger charge is -2.20. The molecular weight excluding hydrogens is 254 g/mol. The molecule has 4 heteroatoms. The van der Waals surface area contributed by atoms with Crippen LogP contribution in [-0.4, -0.2) is 20.2 Å². The number of methoxy groups -OCH3 is 2.